The molecule has 27 heavy (non-hydrogen) atoms. The normalized spacial score (nSPS) is 12.4. The molecule has 0 bridgehead atoms. The van der Waals surface area contributed by atoms with Crippen LogP contribution in [0.5, 0.6) is 0 Å². The minimum atomic E-state index is -4.71. The van der Waals surface area contributed by atoms with Gasteiger partial charge in [-0.2, -0.15) is 26.3 Å². The fourth-order valence-electron chi connectivity index (χ4n) is 2.32. The molecular weight excluding hydrogens is 378 g/mol. The van der Waals surface area contributed by atoms with E-state index in [0.29, 0.717) is 10.9 Å². The lowest BCUT2D eigenvalue weighted by Crippen LogP contribution is -2.23. The molecular formula is C16H10F6N4O. The molecule has 0 atom stereocenters. The van der Waals surface area contributed by atoms with E-state index in [9.17, 15) is 31.1 Å². The minimum Gasteiger partial charge on any atom is -0.351 e. The van der Waals surface area contributed by atoms with E-state index in [2.05, 4.69) is 20.3 Å². The summed E-state index contributed by atoms with van der Waals surface area (Å²) < 4.78 is 75.3. The van der Waals surface area contributed by atoms with E-state index >= 15 is 0 Å². The maximum Gasteiger partial charge on any atom is 0.451 e. The topological polar surface area (TPSA) is 70.7 Å². The van der Waals surface area contributed by atoms with Crippen molar-refractivity contribution in [3.05, 3.63) is 59.3 Å². The lowest BCUT2D eigenvalue weighted by Gasteiger charge is -2.07. The van der Waals surface area contributed by atoms with E-state index in [1.54, 1.807) is 0 Å². The van der Waals surface area contributed by atoms with E-state index < -0.39 is 29.8 Å². The number of aromatic nitrogens is 3. The highest BCUT2D eigenvalue weighted by molar-refractivity contribution is 5.93. The maximum atomic E-state index is 12.7. The number of aromatic amines is 1. The number of amides is 1. The maximum absolute atomic E-state index is 12.7. The van der Waals surface area contributed by atoms with Crippen molar-refractivity contribution in [3.8, 4) is 0 Å². The van der Waals surface area contributed by atoms with Crippen molar-refractivity contribution in [3.63, 3.8) is 0 Å². The highest BCUT2D eigenvalue weighted by Crippen LogP contribution is 2.31. The second-order valence-corrected chi connectivity index (χ2v) is 5.58. The molecule has 0 spiro atoms. The highest BCUT2D eigenvalue weighted by Gasteiger charge is 2.34. The smallest absolute Gasteiger partial charge is 0.351 e. The Morgan fingerprint density at radius 1 is 1.00 bits per heavy atom. The summed E-state index contributed by atoms with van der Waals surface area (Å²) in [6.45, 7) is -0.0394. The zero-order chi connectivity index (χ0) is 19.8. The summed E-state index contributed by atoms with van der Waals surface area (Å²) >= 11 is 0. The molecule has 3 aromatic rings. The number of fused-ring (bicyclic) bond motifs is 1. The Morgan fingerprint density at radius 2 is 1.67 bits per heavy atom. The Bertz CT molecular complexity index is 975. The summed E-state index contributed by atoms with van der Waals surface area (Å²) in [5.74, 6) is -2.08. The molecule has 0 radical (unpaired) electrons. The Kier molecular flexibility index (Phi) is 4.54. The average Bonchev–Trinajstić information content (AvgIpc) is 3.02. The number of nitrogens with one attached hydrogen (secondary N) is 2. The van der Waals surface area contributed by atoms with Crippen LogP contribution in [0.25, 0.3) is 10.9 Å². The number of hydrogen-bond donors (Lipinski definition) is 2. The Morgan fingerprint density at radius 3 is 2.26 bits per heavy atom. The summed E-state index contributed by atoms with van der Waals surface area (Å²) in [7, 11) is 0. The second-order valence-electron chi connectivity index (χ2n) is 5.58. The average molecular weight is 388 g/mol. The van der Waals surface area contributed by atoms with Gasteiger partial charge in [0.15, 0.2) is 0 Å². The van der Waals surface area contributed by atoms with Crippen molar-refractivity contribution in [2.45, 2.75) is 18.9 Å². The molecule has 0 unspecified atom stereocenters. The van der Waals surface area contributed by atoms with Crippen molar-refractivity contribution in [1.82, 2.24) is 20.3 Å². The van der Waals surface area contributed by atoms with Crippen LogP contribution in [-0.2, 0) is 18.9 Å². The second kappa shape index (κ2) is 6.56. The lowest BCUT2D eigenvalue weighted by molar-refractivity contribution is -0.145. The van der Waals surface area contributed by atoms with Crippen molar-refractivity contribution < 1.29 is 31.1 Å². The molecule has 1 amide bonds. The van der Waals surface area contributed by atoms with Gasteiger partial charge in [0.2, 0.25) is 5.82 Å². The molecule has 3 rings (SSSR count). The van der Waals surface area contributed by atoms with Crippen LogP contribution in [0.1, 0.15) is 27.4 Å². The van der Waals surface area contributed by atoms with Crippen molar-refractivity contribution in [1.29, 1.82) is 0 Å². The standard InChI is InChI=1S/C16H10F6N4O/c17-15(18,19)12-4-9-3-8(1-2-11(9)26-12)5-23-13(27)10-6-24-14(25-7-10)16(20,21)22/h1-4,6-7,26H,5H2,(H,23,27). The van der Waals surface area contributed by atoms with Crippen LogP contribution in [-0.4, -0.2) is 20.9 Å². The van der Waals surface area contributed by atoms with E-state index in [1.165, 1.54) is 18.2 Å². The third-order valence-corrected chi connectivity index (χ3v) is 3.61. The Balaban J connectivity index is 1.69. The molecule has 0 aliphatic rings. The first-order valence-electron chi connectivity index (χ1n) is 7.40. The fourth-order valence-corrected chi connectivity index (χ4v) is 2.32. The van der Waals surface area contributed by atoms with E-state index in [4.69, 9.17) is 0 Å². The van der Waals surface area contributed by atoms with Gasteiger partial charge >= 0.3 is 12.4 Å². The first-order chi connectivity index (χ1) is 12.5. The van der Waals surface area contributed by atoms with Crippen LogP contribution in [0.15, 0.2) is 36.7 Å². The SMILES string of the molecule is O=C(NCc1ccc2[nH]c(C(F)(F)F)cc2c1)c1cnc(C(F)(F)F)nc1. The van der Waals surface area contributed by atoms with Crippen LogP contribution in [0.3, 0.4) is 0 Å². The van der Waals surface area contributed by atoms with Crippen molar-refractivity contribution in [2.75, 3.05) is 0 Å². The zero-order valence-corrected chi connectivity index (χ0v) is 13.2. The number of carbonyl (C=O) groups excluding carboxylic acids is 1. The van der Waals surface area contributed by atoms with Gasteiger partial charge in [-0.25, -0.2) is 9.97 Å². The van der Waals surface area contributed by atoms with Gasteiger partial charge < -0.3 is 10.3 Å². The molecule has 2 N–H and O–H groups in total. The summed E-state index contributed by atoms with van der Waals surface area (Å²) in [4.78, 5) is 20.4. The predicted molar refractivity (Wildman–Crippen MR) is 81.5 cm³/mol. The van der Waals surface area contributed by atoms with Gasteiger partial charge in [0.1, 0.15) is 5.69 Å². The van der Waals surface area contributed by atoms with Crippen LogP contribution in [0, 0.1) is 0 Å². The van der Waals surface area contributed by atoms with Gasteiger partial charge in [-0.3, -0.25) is 4.79 Å². The van der Waals surface area contributed by atoms with E-state index in [-0.39, 0.29) is 17.6 Å². The van der Waals surface area contributed by atoms with Gasteiger partial charge in [0, 0.05) is 29.8 Å². The Labute approximate surface area is 147 Å². The van der Waals surface area contributed by atoms with E-state index in [1.807, 2.05) is 0 Å². The molecule has 5 nitrogen and oxygen atoms in total. The molecule has 142 valence electrons. The molecule has 11 heteroatoms. The van der Waals surface area contributed by atoms with Crippen molar-refractivity contribution >= 4 is 16.8 Å². The van der Waals surface area contributed by atoms with Crippen LogP contribution in [0.2, 0.25) is 0 Å². The van der Waals surface area contributed by atoms with Crippen LogP contribution < -0.4 is 5.32 Å². The number of carbonyl (C=O) groups is 1. The number of benzene rings is 1. The number of alkyl halides is 6. The molecule has 0 saturated carbocycles. The van der Waals surface area contributed by atoms with Gasteiger partial charge in [-0.15, -0.1) is 0 Å². The number of H-pyrrole nitrogens is 1. The number of hydrogen-bond acceptors (Lipinski definition) is 3. The summed E-state index contributed by atoms with van der Waals surface area (Å²) in [6, 6.07) is 5.37. The molecule has 2 aromatic heterocycles. The van der Waals surface area contributed by atoms with Crippen LogP contribution in [0.4, 0.5) is 26.3 Å². The van der Waals surface area contributed by atoms with Gasteiger partial charge in [-0.05, 0) is 23.8 Å². The highest BCUT2D eigenvalue weighted by atomic mass is 19.4. The molecule has 0 aliphatic heterocycles. The number of rotatable bonds is 3. The largest absolute Gasteiger partial charge is 0.451 e. The minimum absolute atomic E-state index is 0.0394. The predicted octanol–water partition coefficient (Wildman–Crippen LogP) is 3.93. The van der Waals surface area contributed by atoms with Gasteiger partial charge in [-0.1, -0.05) is 6.07 Å². The quantitative estimate of drug-likeness (QED) is 0.668. The van der Waals surface area contributed by atoms with Gasteiger partial charge in [0.25, 0.3) is 5.91 Å². The molecule has 2 heterocycles. The Hall–Kier alpha value is -3.11. The number of halogens is 6. The molecule has 0 fully saturated rings. The summed E-state index contributed by atoms with van der Waals surface area (Å²) in [5, 5.41) is 2.75. The molecule has 1 aromatic carbocycles. The fraction of sp³-hybridized carbons (Fsp3) is 0.188. The molecule has 0 saturated heterocycles. The lowest BCUT2D eigenvalue weighted by atomic mass is 10.1. The van der Waals surface area contributed by atoms with E-state index in [0.717, 1.165) is 18.5 Å². The van der Waals surface area contributed by atoms with Gasteiger partial charge in [0.05, 0.1) is 5.56 Å². The third kappa shape index (κ3) is 4.18. The zero-order valence-electron chi connectivity index (χ0n) is 13.2. The first-order valence-corrected chi connectivity index (χ1v) is 7.40. The first kappa shape index (κ1) is 18.7. The monoisotopic (exact) mass is 388 g/mol. The molecule has 0 aliphatic carbocycles. The number of nitrogens with zero attached hydrogens (tertiary/aromatic N) is 2. The summed E-state index contributed by atoms with van der Waals surface area (Å²) in [5.41, 5.74) is -0.268. The van der Waals surface area contributed by atoms with Crippen molar-refractivity contribution in [2.24, 2.45) is 0 Å². The third-order valence-electron chi connectivity index (χ3n) is 3.61. The van der Waals surface area contributed by atoms with Crippen LogP contribution >= 0.6 is 0 Å². The summed E-state index contributed by atoms with van der Waals surface area (Å²) in [6.07, 6.45) is -7.72.